The fourth-order valence-electron chi connectivity index (χ4n) is 3.27. The summed E-state index contributed by atoms with van der Waals surface area (Å²) in [6, 6.07) is 15.7. The Morgan fingerprint density at radius 1 is 1.15 bits per heavy atom. The van der Waals surface area contributed by atoms with E-state index in [1.165, 1.54) is 0 Å². The highest BCUT2D eigenvalue weighted by Gasteiger charge is 2.39. The topological polar surface area (TPSA) is 59.8 Å². The molecular weight excluding hydrogens is 324 g/mol. The molecule has 1 aliphatic rings. The van der Waals surface area contributed by atoms with Gasteiger partial charge in [-0.3, -0.25) is 4.79 Å². The molecule has 1 fully saturated rings. The first-order chi connectivity index (χ1) is 12.6. The van der Waals surface area contributed by atoms with E-state index in [2.05, 4.69) is 31.3 Å². The molecule has 5 heteroatoms. The molecule has 3 aromatic rings. The van der Waals surface area contributed by atoms with Crippen LogP contribution in [0.15, 0.2) is 48.5 Å². The van der Waals surface area contributed by atoms with Gasteiger partial charge >= 0.3 is 0 Å². The van der Waals surface area contributed by atoms with Crippen LogP contribution in [-0.4, -0.2) is 27.7 Å². The number of rotatable bonds is 4. The van der Waals surface area contributed by atoms with Crippen LogP contribution in [-0.2, 0) is 0 Å². The van der Waals surface area contributed by atoms with Crippen molar-refractivity contribution in [2.75, 3.05) is 7.05 Å². The number of hydrogen-bond donors (Lipinski definition) is 1. The Kier molecular flexibility index (Phi) is 4.07. The fraction of sp³-hybridized carbons (Fsp3) is 0.286. The summed E-state index contributed by atoms with van der Waals surface area (Å²) < 4.78 is 1.93. The number of benzene rings is 2. The minimum absolute atomic E-state index is 0.0909. The molecule has 26 heavy (non-hydrogen) atoms. The van der Waals surface area contributed by atoms with Gasteiger partial charge in [0.2, 0.25) is 0 Å². The number of carbonyl (C=O) groups is 1. The summed E-state index contributed by atoms with van der Waals surface area (Å²) in [5.74, 6) is 2.74. The molecule has 0 bridgehead atoms. The van der Waals surface area contributed by atoms with Gasteiger partial charge in [-0.05, 0) is 49.1 Å². The summed E-state index contributed by atoms with van der Waals surface area (Å²) in [6.45, 7) is 4.32. The van der Waals surface area contributed by atoms with Gasteiger partial charge in [-0.15, -0.1) is 5.10 Å². The summed E-state index contributed by atoms with van der Waals surface area (Å²) in [4.78, 5) is 16.6. The Hall–Kier alpha value is -2.95. The smallest absolute Gasteiger partial charge is 0.251 e. The van der Waals surface area contributed by atoms with Gasteiger partial charge in [-0.2, -0.15) is 0 Å². The second-order valence-corrected chi connectivity index (χ2v) is 6.97. The lowest BCUT2D eigenvalue weighted by Gasteiger charge is -2.06. The molecule has 1 amide bonds. The molecule has 0 unspecified atom stereocenters. The quantitative estimate of drug-likeness (QED) is 0.783. The molecular formula is C21H22N4O. The second-order valence-electron chi connectivity index (χ2n) is 6.97. The van der Waals surface area contributed by atoms with Crippen molar-refractivity contribution < 1.29 is 4.79 Å². The normalized spacial score (nSPS) is 18.6. The maximum absolute atomic E-state index is 11.8. The Morgan fingerprint density at radius 2 is 1.85 bits per heavy atom. The molecule has 1 aliphatic carbocycles. The van der Waals surface area contributed by atoms with Crippen LogP contribution in [0, 0.1) is 12.8 Å². The molecule has 1 aromatic heterocycles. The van der Waals surface area contributed by atoms with Crippen molar-refractivity contribution >= 4 is 5.91 Å². The molecule has 1 N–H and O–H groups in total. The van der Waals surface area contributed by atoms with E-state index in [0.29, 0.717) is 17.4 Å². The SMILES string of the molecule is CNC(=O)c1ccc(-n2nc(-c3ccccc3C)nc2[C@H]2C[C@@H]2C)cc1. The Balaban J connectivity index is 1.78. The number of nitrogens with one attached hydrogen (secondary N) is 1. The van der Waals surface area contributed by atoms with Crippen LogP contribution in [0.3, 0.4) is 0 Å². The number of amides is 1. The van der Waals surface area contributed by atoms with Crippen LogP contribution in [0.5, 0.6) is 0 Å². The van der Waals surface area contributed by atoms with E-state index in [0.717, 1.165) is 34.9 Å². The summed E-state index contributed by atoms with van der Waals surface area (Å²) >= 11 is 0. The Bertz CT molecular complexity index is 958. The highest BCUT2D eigenvalue weighted by molar-refractivity contribution is 5.94. The summed E-state index contributed by atoms with van der Waals surface area (Å²) in [5.41, 5.74) is 3.79. The van der Waals surface area contributed by atoms with Gasteiger partial charge in [0.05, 0.1) is 5.69 Å². The van der Waals surface area contributed by atoms with E-state index in [9.17, 15) is 4.79 Å². The first-order valence-electron chi connectivity index (χ1n) is 8.94. The lowest BCUT2D eigenvalue weighted by atomic mass is 10.1. The van der Waals surface area contributed by atoms with Gasteiger partial charge < -0.3 is 5.32 Å². The first-order valence-corrected chi connectivity index (χ1v) is 8.94. The monoisotopic (exact) mass is 346 g/mol. The van der Waals surface area contributed by atoms with E-state index in [-0.39, 0.29) is 5.91 Å². The average Bonchev–Trinajstić information content (AvgIpc) is 3.23. The lowest BCUT2D eigenvalue weighted by molar-refractivity contribution is 0.0963. The average molecular weight is 346 g/mol. The van der Waals surface area contributed by atoms with Gasteiger partial charge in [-0.25, -0.2) is 9.67 Å². The molecule has 1 saturated carbocycles. The van der Waals surface area contributed by atoms with Crippen LogP contribution in [0.4, 0.5) is 0 Å². The molecule has 2 aromatic carbocycles. The van der Waals surface area contributed by atoms with E-state index in [4.69, 9.17) is 10.1 Å². The predicted molar refractivity (Wildman–Crippen MR) is 101 cm³/mol. The highest BCUT2D eigenvalue weighted by atomic mass is 16.1. The molecule has 5 nitrogen and oxygen atoms in total. The zero-order chi connectivity index (χ0) is 18.3. The van der Waals surface area contributed by atoms with E-state index >= 15 is 0 Å². The largest absolute Gasteiger partial charge is 0.355 e. The summed E-state index contributed by atoms with van der Waals surface area (Å²) in [7, 11) is 1.63. The maximum Gasteiger partial charge on any atom is 0.251 e. The molecule has 0 radical (unpaired) electrons. The zero-order valence-electron chi connectivity index (χ0n) is 15.2. The van der Waals surface area contributed by atoms with Gasteiger partial charge in [0.25, 0.3) is 5.91 Å². The van der Waals surface area contributed by atoms with Gasteiger partial charge in [0.15, 0.2) is 5.82 Å². The number of nitrogens with zero attached hydrogens (tertiary/aromatic N) is 3. The first kappa shape index (κ1) is 16.5. The van der Waals surface area contributed by atoms with Crippen molar-refractivity contribution in [3.8, 4) is 17.1 Å². The summed E-state index contributed by atoms with van der Waals surface area (Å²) in [5, 5.41) is 7.45. The van der Waals surface area contributed by atoms with Crippen molar-refractivity contribution in [2.45, 2.75) is 26.2 Å². The minimum atomic E-state index is -0.0909. The lowest BCUT2D eigenvalue weighted by Crippen LogP contribution is -2.17. The third-order valence-electron chi connectivity index (χ3n) is 5.06. The minimum Gasteiger partial charge on any atom is -0.355 e. The van der Waals surface area contributed by atoms with Crippen molar-refractivity contribution in [2.24, 2.45) is 5.92 Å². The fourth-order valence-corrected chi connectivity index (χ4v) is 3.27. The van der Waals surface area contributed by atoms with Gasteiger partial charge in [-0.1, -0.05) is 31.2 Å². The van der Waals surface area contributed by atoms with Crippen molar-refractivity contribution in [3.63, 3.8) is 0 Å². The van der Waals surface area contributed by atoms with E-state index in [1.54, 1.807) is 7.05 Å². The maximum atomic E-state index is 11.8. The van der Waals surface area contributed by atoms with Crippen molar-refractivity contribution in [3.05, 3.63) is 65.5 Å². The van der Waals surface area contributed by atoms with Gasteiger partial charge in [0.1, 0.15) is 5.82 Å². The van der Waals surface area contributed by atoms with Crippen molar-refractivity contribution in [1.29, 1.82) is 0 Å². The molecule has 0 aliphatic heterocycles. The van der Waals surface area contributed by atoms with Gasteiger partial charge in [0, 0.05) is 24.1 Å². The summed E-state index contributed by atoms with van der Waals surface area (Å²) in [6.07, 6.45) is 1.14. The third-order valence-corrected chi connectivity index (χ3v) is 5.06. The number of hydrogen-bond acceptors (Lipinski definition) is 3. The third kappa shape index (κ3) is 2.90. The van der Waals surface area contributed by atoms with E-state index < -0.39 is 0 Å². The second kappa shape index (κ2) is 6.41. The molecule has 0 spiro atoms. The molecule has 2 atom stereocenters. The Morgan fingerprint density at radius 3 is 2.46 bits per heavy atom. The van der Waals surface area contributed by atoms with Crippen LogP contribution in [0.1, 0.15) is 41.0 Å². The molecule has 4 rings (SSSR count). The van der Waals surface area contributed by atoms with E-state index in [1.807, 2.05) is 41.1 Å². The molecule has 0 saturated heterocycles. The molecule has 1 heterocycles. The standard InChI is InChI=1S/C21H22N4O/c1-13-6-4-5-7-17(13)19-23-20(18-12-14(18)2)25(24-19)16-10-8-15(9-11-16)21(26)22-3/h4-11,14,18H,12H2,1-3H3,(H,22,26)/t14-,18-/m0/s1. The van der Waals surface area contributed by atoms with Crippen LogP contribution < -0.4 is 5.32 Å². The predicted octanol–water partition coefficient (Wildman–Crippen LogP) is 3.73. The Labute approximate surface area is 153 Å². The zero-order valence-corrected chi connectivity index (χ0v) is 15.2. The highest BCUT2D eigenvalue weighted by Crippen LogP contribution is 2.47. The van der Waals surface area contributed by atoms with Crippen LogP contribution in [0.25, 0.3) is 17.1 Å². The number of aromatic nitrogens is 3. The molecule has 132 valence electrons. The van der Waals surface area contributed by atoms with Crippen LogP contribution in [0.2, 0.25) is 0 Å². The van der Waals surface area contributed by atoms with Crippen LogP contribution >= 0.6 is 0 Å². The van der Waals surface area contributed by atoms with Crippen molar-refractivity contribution in [1.82, 2.24) is 20.1 Å². The number of aryl methyl sites for hydroxylation is 1. The number of carbonyl (C=O) groups excluding carboxylic acids is 1.